The van der Waals surface area contributed by atoms with Gasteiger partial charge in [-0.3, -0.25) is 4.90 Å². The fourth-order valence-corrected chi connectivity index (χ4v) is 7.10. The summed E-state index contributed by atoms with van der Waals surface area (Å²) < 4.78 is 34.1. The Balaban J connectivity index is 1.42. The molecule has 0 unspecified atom stereocenters. The first kappa shape index (κ1) is 24.0. The number of ether oxygens (including phenoxy) is 1. The predicted molar refractivity (Wildman–Crippen MR) is 137 cm³/mol. The van der Waals surface area contributed by atoms with Crippen molar-refractivity contribution >= 4 is 10.0 Å². The molecule has 0 amide bonds. The van der Waals surface area contributed by atoms with Gasteiger partial charge in [-0.25, -0.2) is 8.42 Å². The van der Waals surface area contributed by atoms with Gasteiger partial charge in [-0.05, 0) is 48.2 Å². The number of nitrogens with zero attached hydrogens (tertiary/aromatic N) is 2. The average molecular weight is 493 g/mol. The molecule has 0 bridgehead atoms. The third kappa shape index (κ3) is 4.61. The van der Waals surface area contributed by atoms with Crippen LogP contribution in [0.3, 0.4) is 0 Å². The van der Waals surface area contributed by atoms with Crippen LogP contribution in [0.25, 0.3) is 11.1 Å². The Morgan fingerprint density at radius 2 is 1.63 bits per heavy atom. The molecule has 2 heterocycles. The highest BCUT2D eigenvalue weighted by Gasteiger charge is 2.50. The minimum absolute atomic E-state index is 0.00190. The third-order valence-electron chi connectivity index (χ3n) is 7.41. The molecule has 3 atom stereocenters. The highest BCUT2D eigenvalue weighted by atomic mass is 32.2. The van der Waals surface area contributed by atoms with Gasteiger partial charge in [0.1, 0.15) is 5.75 Å². The number of sulfonamides is 1. The lowest BCUT2D eigenvalue weighted by Gasteiger charge is -2.57. The van der Waals surface area contributed by atoms with Crippen molar-refractivity contribution in [2.75, 3.05) is 33.4 Å². The third-order valence-corrected chi connectivity index (χ3v) is 9.28. The summed E-state index contributed by atoms with van der Waals surface area (Å²) in [7, 11) is -2.13. The quantitative estimate of drug-likeness (QED) is 0.564. The SMILES string of the molecule is COc1cccc(S(=O)(=O)N2CCCCN3[C@H](C2)[C@@H](c2ccc(-c4ccccc4)cc2)[C@@H]3CO)c1. The topological polar surface area (TPSA) is 70.1 Å². The van der Waals surface area contributed by atoms with Gasteiger partial charge in [0.05, 0.1) is 18.6 Å². The van der Waals surface area contributed by atoms with Crippen LogP contribution in [0, 0.1) is 0 Å². The van der Waals surface area contributed by atoms with Crippen molar-refractivity contribution in [3.63, 3.8) is 0 Å². The number of hydrogen-bond acceptors (Lipinski definition) is 5. The molecule has 184 valence electrons. The van der Waals surface area contributed by atoms with Gasteiger partial charge in [0.15, 0.2) is 0 Å². The summed E-state index contributed by atoms with van der Waals surface area (Å²) in [5, 5.41) is 10.2. The lowest BCUT2D eigenvalue weighted by molar-refractivity contribution is -0.0553. The molecule has 1 N–H and O–H groups in total. The number of benzene rings is 3. The molecular weight excluding hydrogens is 460 g/mol. The maximum absolute atomic E-state index is 13.6. The van der Waals surface area contributed by atoms with E-state index in [1.807, 2.05) is 18.2 Å². The van der Waals surface area contributed by atoms with Crippen molar-refractivity contribution in [1.82, 2.24) is 9.21 Å². The monoisotopic (exact) mass is 492 g/mol. The second-order valence-corrected chi connectivity index (χ2v) is 11.3. The van der Waals surface area contributed by atoms with E-state index in [-0.39, 0.29) is 29.5 Å². The normalized spacial score (nSPS) is 23.5. The zero-order chi connectivity index (χ0) is 24.4. The molecule has 3 aromatic carbocycles. The molecule has 0 aliphatic carbocycles. The molecule has 0 radical (unpaired) electrons. The summed E-state index contributed by atoms with van der Waals surface area (Å²) >= 11 is 0. The zero-order valence-electron chi connectivity index (χ0n) is 20.0. The van der Waals surface area contributed by atoms with E-state index in [1.165, 1.54) is 7.11 Å². The Morgan fingerprint density at radius 3 is 2.34 bits per heavy atom. The first-order chi connectivity index (χ1) is 17.0. The number of methoxy groups -OCH3 is 1. The molecule has 5 rings (SSSR count). The van der Waals surface area contributed by atoms with Crippen LogP contribution in [0.2, 0.25) is 0 Å². The summed E-state index contributed by atoms with van der Waals surface area (Å²) in [6, 6.07) is 25.5. The summed E-state index contributed by atoms with van der Waals surface area (Å²) in [5.41, 5.74) is 3.45. The fraction of sp³-hybridized carbons (Fsp3) is 0.357. The fourth-order valence-electron chi connectivity index (χ4n) is 5.57. The van der Waals surface area contributed by atoms with Crippen LogP contribution >= 0.6 is 0 Å². The summed E-state index contributed by atoms with van der Waals surface area (Å²) in [6.45, 7) is 1.83. The van der Waals surface area contributed by atoms with Crippen LogP contribution < -0.4 is 4.74 Å². The minimum Gasteiger partial charge on any atom is -0.497 e. The predicted octanol–water partition coefficient (Wildman–Crippen LogP) is 3.98. The van der Waals surface area contributed by atoms with Crippen LogP contribution in [-0.4, -0.2) is 68.2 Å². The maximum Gasteiger partial charge on any atom is 0.243 e. The van der Waals surface area contributed by atoms with Crippen molar-refractivity contribution in [2.24, 2.45) is 0 Å². The highest BCUT2D eigenvalue weighted by Crippen LogP contribution is 2.43. The van der Waals surface area contributed by atoms with E-state index in [0.29, 0.717) is 18.8 Å². The van der Waals surface area contributed by atoms with E-state index in [0.717, 1.165) is 36.1 Å². The summed E-state index contributed by atoms with van der Waals surface area (Å²) in [5.74, 6) is 0.603. The van der Waals surface area contributed by atoms with Gasteiger partial charge in [-0.1, -0.05) is 60.7 Å². The molecule has 0 saturated carbocycles. The molecule has 2 fully saturated rings. The molecular formula is C28H32N2O4S. The average Bonchev–Trinajstić information content (AvgIpc) is 2.88. The van der Waals surface area contributed by atoms with E-state index in [2.05, 4.69) is 41.3 Å². The Morgan fingerprint density at radius 1 is 0.914 bits per heavy atom. The molecule has 2 aliphatic rings. The summed E-state index contributed by atoms with van der Waals surface area (Å²) in [6.07, 6.45) is 1.69. The van der Waals surface area contributed by atoms with E-state index in [1.54, 1.807) is 28.6 Å². The van der Waals surface area contributed by atoms with Gasteiger partial charge in [0.25, 0.3) is 0 Å². The second kappa shape index (κ2) is 10.1. The number of aliphatic hydroxyl groups excluding tert-OH is 1. The molecule has 2 saturated heterocycles. The zero-order valence-corrected chi connectivity index (χ0v) is 20.8. The Bertz CT molecular complexity index is 1250. The molecule has 2 aliphatic heterocycles. The van der Waals surface area contributed by atoms with Gasteiger partial charge >= 0.3 is 0 Å². The van der Waals surface area contributed by atoms with Crippen LogP contribution in [0.15, 0.2) is 83.8 Å². The number of rotatable bonds is 6. The highest BCUT2D eigenvalue weighted by molar-refractivity contribution is 7.89. The summed E-state index contributed by atoms with van der Waals surface area (Å²) in [4.78, 5) is 2.55. The Hall–Kier alpha value is -2.71. The first-order valence-corrected chi connectivity index (χ1v) is 13.6. The Labute approximate surface area is 207 Å². The van der Waals surface area contributed by atoms with E-state index < -0.39 is 10.0 Å². The van der Waals surface area contributed by atoms with Crippen molar-refractivity contribution in [2.45, 2.75) is 35.7 Å². The van der Waals surface area contributed by atoms with Crippen LogP contribution in [0.1, 0.15) is 24.3 Å². The largest absolute Gasteiger partial charge is 0.497 e. The van der Waals surface area contributed by atoms with Gasteiger partial charge in [-0.15, -0.1) is 0 Å². The van der Waals surface area contributed by atoms with Gasteiger partial charge in [0.2, 0.25) is 10.0 Å². The van der Waals surface area contributed by atoms with Crippen LogP contribution in [-0.2, 0) is 10.0 Å². The molecule has 3 aromatic rings. The van der Waals surface area contributed by atoms with Gasteiger partial charge < -0.3 is 9.84 Å². The molecule has 35 heavy (non-hydrogen) atoms. The minimum atomic E-state index is -3.67. The lowest BCUT2D eigenvalue weighted by atomic mass is 9.74. The Kier molecular flexibility index (Phi) is 6.93. The smallest absolute Gasteiger partial charge is 0.243 e. The molecule has 6 nitrogen and oxygen atoms in total. The van der Waals surface area contributed by atoms with Crippen molar-refractivity contribution in [3.05, 3.63) is 84.4 Å². The van der Waals surface area contributed by atoms with Crippen molar-refractivity contribution < 1.29 is 18.3 Å². The molecule has 0 aromatic heterocycles. The standard InChI is InChI=1S/C28H32N2O4S/c1-34-24-10-7-11-25(18-24)35(32,33)29-16-5-6-17-30-26(19-29)28(27(30)20-31)23-14-12-22(13-15-23)21-8-3-2-4-9-21/h2-4,7-15,18,26-28,31H,5-6,16-17,19-20H2,1H3/t26-,27+,28-/m1/s1. The van der Waals surface area contributed by atoms with Crippen LogP contribution in [0.4, 0.5) is 0 Å². The van der Waals surface area contributed by atoms with E-state index in [4.69, 9.17) is 4.74 Å². The van der Waals surface area contributed by atoms with Gasteiger partial charge in [0, 0.05) is 37.2 Å². The first-order valence-electron chi connectivity index (χ1n) is 12.2. The lowest BCUT2D eigenvalue weighted by Crippen LogP contribution is -2.67. The maximum atomic E-state index is 13.6. The second-order valence-electron chi connectivity index (χ2n) is 9.32. The number of fused-ring (bicyclic) bond motifs is 1. The molecule has 0 spiro atoms. The number of hydrogen-bond donors (Lipinski definition) is 1. The van der Waals surface area contributed by atoms with Crippen molar-refractivity contribution in [3.8, 4) is 16.9 Å². The van der Waals surface area contributed by atoms with E-state index >= 15 is 0 Å². The van der Waals surface area contributed by atoms with Gasteiger partial charge in [-0.2, -0.15) is 4.31 Å². The van der Waals surface area contributed by atoms with Crippen molar-refractivity contribution in [1.29, 1.82) is 0 Å². The van der Waals surface area contributed by atoms with E-state index in [9.17, 15) is 13.5 Å². The van der Waals surface area contributed by atoms with Crippen LogP contribution in [0.5, 0.6) is 5.75 Å². The molecule has 7 heteroatoms. The number of aliphatic hydroxyl groups is 1.